The van der Waals surface area contributed by atoms with Crippen molar-refractivity contribution in [3.8, 4) is 0 Å². The van der Waals surface area contributed by atoms with Crippen molar-refractivity contribution in [1.82, 2.24) is 9.73 Å². The number of rotatable bonds is 18. The van der Waals surface area contributed by atoms with Gasteiger partial charge >= 0.3 is 0 Å². The van der Waals surface area contributed by atoms with E-state index in [-0.39, 0.29) is 5.75 Å². The van der Waals surface area contributed by atoms with Gasteiger partial charge in [0.25, 0.3) is 0 Å². The van der Waals surface area contributed by atoms with Crippen molar-refractivity contribution in [2.75, 3.05) is 24.6 Å². The molecule has 36 heavy (non-hydrogen) atoms. The number of sulfonamides is 1. The summed E-state index contributed by atoms with van der Waals surface area (Å²) in [6.07, 6.45) is 20.6. The summed E-state index contributed by atoms with van der Waals surface area (Å²) in [7, 11) is -3.50. The Hall–Kier alpha value is -1.47. The van der Waals surface area contributed by atoms with Crippen LogP contribution in [0.3, 0.4) is 0 Å². The number of halogens is 1. The molecule has 0 amide bonds. The maximum atomic E-state index is 12.6. The molecule has 1 aliphatic heterocycles. The third-order valence-corrected chi connectivity index (χ3v) is 8.47. The van der Waals surface area contributed by atoms with Gasteiger partial charge in [0.1, 0.15) is 0 Å². The van der Waals surface area contributed by atoms with E-state index >= 15 is 0 Å². The molecule has 1 fully saturated rings. The minimum Gasteiger partial charge on any atom is -0.399 e. The molecule has 0 atom stereocenters. The molecule has 3 N–H and O–H groups in total. The second kappa shape index (κ2) is 17.9. The summed E-state index contributed by atoms with van der Waals surface area (Å²) in [4.78, 5) is 4.56. The third kappa shape index (κ3) is 12.7. The molecule has 6 nitrogen and oxygen atoms in total. The van der Waals surface area contributed by atoms with Gasteiger partial charge in [-0.15, -0.1) is 5.10 Å². The summed E-state index contributed by atoms with van der Waals surface area (Å²) in [5, 5.41) is 4.85. The molecular formula is C28H49ClN4O2S. The molecular weight excluding hydrogens is 492 g/mol. The van der Waals surface area contributed by atoms with Crippen molar-refractivity contribution in [1.29, 1.82) is 0 Å². The minimum absolute atomic E-state index is 0.0898. The molecule has 0 radical (unpaired) electrons. The van der Waals surface area contributed by atoms with E-state index in [0.29, 0.717) is 28.5 Å². The van der Waals surface area contributed by atoms with Gasteiger partial charge in [0.2, 0.25) is 10.0 Å². The molecule has 0 bridgehead atoms. The molecule has 1 saturated heterocycles. The lowest BCUT2D eigenvalue weighted by Crippen LogP contribution is -2.38. The smallest absolute Gasteiger partial charge is 0.247 e. The molecule has 0 spiro atoms. The fourth-order valence-electron chi connectivity index (χ4n) is 4.77. The first-order chi connectivity index (χ1) is 17.4. The van der Waals surface area contributed by atoms with Crippen LogP contribution in [-0.4, -0.2) is 38.0 Å². The first kappa shape index (κ1) is 30.8. The minimum atomic E-state index is -3.50. The van der Waals surface area contributed by atoms with Gasteiger partial charge in [-0.3, -0.25) is 0 Å². The van der Waals surface area contributed by atoms with Gasteiger partial charge in [-0.25, -0.2) is 13.2 Å². The number of nitrogen functional groups attached to an aromatic ring is 1. The Morgan fingerprint density at radius 3 is 1.97 bits per heavy atom. The summed E-state index contributed by atoms with van der Waals surface area (Å²) >= 11 is 6.42. The van der Waals surface area contributed by atoms with E-state index in [4.69, 9.17) is 17.3 Å². The van der Waals surface area contributed by atoms with Crippen molar-refractivity contribution in [3.05, 3.63) is 28.8 Å². The fourth-order valence-corrected chi connectivity index (χ4v) is 5.87. The molecule has 1 aliphatic rings. The highest BCUT2D eigenvalue weighted by atomic mass is 35.5. The number of hydrazone groups is 1. The zero-order chi connectivity index (χ0) is 26.1. The zero-order valence-corrected chi connectivity index (χ0v) is 24.0. The maximum Gasteiger partial charge on any atom is 0.247 e. The van der Waals surface area contributed by atoms with E-state index in [1.54, 1.807) is 18.2 Å². The van der Waals surface area contributed by atoms with Crippen LogP contribution >= 0.6 is 11.6 Å². The molecule has 0 aromatic heterocycles. The Labute approximate surface area is 225 Å². The van der Waals surface area contributed by atoms with Gasteiger partial charge in [0.05, 0.1) is 10.8 Å². The Kier molecular flexibility index (Phi) is 15.3. The van der Waals surface area contributed by atoms with Crippen LogP contribution in [0, 0.1) is 0 Å². The van der Waals surface area contributed by atoms with Gasteiger partial charge in [0.15, 0.2) is 5.84 Å². The Morgan fingerprint density at radius 2 is 1.42 bits per heavy atom. The molecule has 0 aliphatic carbocycles. The summed E-state index contributed by atoms with van der Waals surface area (Å²) in [6.45, 7) is 3.91. The number of hydrogen-bond donors (Lipinski definition) is 2. The highest BCUT2D eigenvalue weighted by Crippen LogP contribution is 2.23. The van der Waals surface area contributed by atoms with E-state index in [1.165, 1.54) is 77.0 Å². The topological polar surface area (TPSA) is 87.8 Å². The maximum absolute atomic E-state index is 12.6. The fraction of sp³-hybridized carbons (Fsp3) is 0.750. The standard InChI is InChI=1S/C28H49ClN4O2S/c1-2-3-4-5-6-7-8-9-10-11-12-13-14-18-23-36(34,35)32-31-28(33-21-16-15-17-22-33)26-24-25(30)19-20-27(26)29/h19-20,24,32H,2-18,21-23,30H2,1H3/b31-28+. The van der Waals surface area contributed by atoms with Crippen molar-refractivity contribution >= 4 is 33.1 Å². The van der Waals surface area contributed by atoms with Crippen LogP contribution in [0.2, 0.25) is 5.02 Å². The van der Waals surface area contributed by atoms with Crippen LogP contribution < -0.4 is 10.6 Å². The van der Waals surface area contributed by atoms with Gasteiger partial charge in [-0.1, -0.05) is 102 Å². The average Bonchev–Trinajstić information content (AvgIpc) is 2.87. The lowest BCUT2D eigenvalue weighted by Gasteiger charge is -2.30. The molecule has 1 heterocycles. The van der Waals surface area contributed by atoms with Crippen molar-refractivity contribution < 1.29 is 8.42 Å². The number of nitrogens with zero attached hydrogens (tertiary/aromatic N) is 2. The van der Waals surface area contributed by atoms with Crippen LogP contribution in [0.15, 0.2) is 23.3 Å². The third-order valence-electron chi connectivity index (χ3n) is 6.94. The van der Waals surface area contributed by atoms with Crippen molar-refractivity contribution in [3.63, 3.8) is 0 Å². The van der Waals surface area contributed by atoms with E-state index in [0.717, 1.165) is 38.8 Å². The molecule has 8 heteroatoms. The molecule has 1 aromatic carbocycles. The van der Waals surface area contributed by atoms with E-state index in [2.05, 4.69) is 21.8 Å². The van der Waals surface area contributed by atoms with E-state index in [1.807, 2.05) is 0 Å². The number of hydrogen-bond acceptors (Lipinski definition) is 4. The quantitative estimate of drug-likeness (QED) is 0.0664. The predicted octanol–water partition coefficient (Wildman–Crippen LogP) is 7.47. The van der Waals surface area contributed by atoms with Gasteiger partial charge in [0, 0.05) is 24.3 Å². The first-order valence-electron chi connectivity index (χ1n) is 14.3. The number of anilines is 1. The molecule has 1 aromatic rings. The lowest BCUT2D eigenvalue weighted by molar-refractivity contribution is 0.341. The van der Waals surface area contributed by atoms with Gasteiger partial charge in [-0.2, -0.15) is 0 Å². The van der Waals surface area contributed by atoms with Crippen LogP contribution in [-0.2, 0) is 10.0 Å². The number of nitrogens with two attached hydrogens (primary N) is 1. The Morgan fingerprint density at radius 1 is 0.889 bits per heavy atom. The highest BCUT2D eigenvalue weighted by Gasteiger charge is 2.20. The highest BCUT2D eigenvalue weighted by molar-refractivity contribution is 7.89. The molecule has 0 saturated carbocycles. The van der Waals surface area contributed by atoms with Crippen molar-refractivity contribution in [2.45, 2.75) is 116 Å². The SMILES string of the molecule is CCCCCCCCCCCCCCCCS(=O)(=O)N/N=C(\c1cc(N)ccc1Cl)N1CCCCC1. The number of unbranched alkanes of at least 4 members (excludes halogenated alkanes) is 13. The number of likely N-dealkylation sites (tertiary alicyclic amines) is 1. The van der Waals surface area contributed by atoms with Gasteiger partial charge in [-0.05, 0) is 43.9 Å². The summed E-state index contributed by atoms with van der Waals surface area (Å²) in [6, 6.07) is 5.23. The number of piperidine rings is 1. The summed E-state index contributed by atoms with van der Waals surface area (Å²) in [5.41, 5.74) is 7.21. The summed E-state index contributed by atoms with van der Waals surface area (Å²) in [5.74, 6) is 0.642. The lowest BCUT2D eigenvalue weighted by atomic mass is 10.0. The van der Waals surface area contributed by atoms with E-state index in [9.17, 15) is 8.42 Å². The second-order valence-electron chi connectivity index (χ2n) is 10.2. The normalized spacial score (nSPS) is 14.8. The van der Waals surface area contributed by atoms with Crippen molar-refractivity contribution in [2.24, 2.45) is 5.10 Å². The van der Waals surface area contributed by atoms with Crippen LogP contribution in [0.5, 0.6) is 0 Å². The van der Waals surface area contributed by atoms with Crippen LogP contribution in [0.25, 0.3) is 0 Å². The monoisotopic (exact) mass is 540 g/mol. The number of benzene rings is 1. The number of nitrogens with one attached hydrogen (secondary N) is 1. The van der Waals surface area contributed by atoms with Gasteiger partial charge < -0.3 is 10.6 Å². The Bertz CT molecular complexity index is 870. The zero-order valence-electron chi connectivity index (χ0n) is 22.4. The second-order valence-corrected chi connectivity index (χ2v) is 12.5. The summed E-state index contributed by atoms with van der Waals surface area (Å²) < 4.78 is 25.3. The molecule has 0 unspecified atom stereocenters. The largest absolute Gasteiger partial charge is 0.399 e. The van der Waals surface area contributed by atoms with E-state index < -0.39 is 10.0 Å². The first-order valence-corrected chi connectivity index (χ1v) is 16.3. The van der Waals surface area contributed by atoms with Crippen LogP contribution in [0.4, 0.5) is 5.69 Å². The average molecular weight is 541 g/mol. The molecule has 2 rings (SSSR count). The number of amidine groups is 1. The molecule has 206 valence electrons. The Balaban J connectivity index is 1.68. The predicted molar refractivity (Wildman–Crippen MR) is 155 cm³/mol. The van der Waals surface area contributed by atoms with Crippen LogP contribution in [0.1, 0.15) is 122 Å².